The maximum Gasteiger partial charge on any atom is 0.255 e. The van der Waals surface area contributed by atoms with Gasteiger partial charge in [0.2, 0.25) is 0 Å². The van der Waals surface area contributed by atoms with E-state index >= 15 is 0 Å². The van der Waals surface area contributed by atoms with E-state index in [4.69, 9.17) is 15.2 Å². The maximum atomic E-state index is 12.2. The molecule has 2 aromatic carbocycles. The summed E-state index contributed by atoms with van der Waals surface area (Å²) in [4.78, 5) is 22.9. The van der Waals surface area contributed by atoms with E-state index in [9.17, 15) is 9.59 Å². The van der Waals surface area contributed by atoms with Gasteiger partial charge >= 0.3 is 0 Å². The standard InChI is InChI=1S/C18H20N2O4/c1-23-11-15-5-3-2-4-14(15)10-20-18(22)13-6-8-16(9-7-13)24-12-17(19)21/h2-9H,10-12H2,1H3,(H2,19,21)(H,20,22). The molecule has 0 unspecified atom stereocenters. The summed E-state index contributed by atoms with van der Waals surface area (Å²) in [5, 5.41) is 2.87. The van der Waals surface area contributed by atoms with Crippen LogP contribution in [0.4, 0.5) is 0 Å². The lowest BCUT2D eigenvalue weighted by Gasteiger charge is -2.10. The van der Waals surface area contributed by atoms with E-state index in [1.54, 1.807) is 31.4 Å². The van der Waals surface area contributed by atoms with Crippen molar-refractivity contribution < 1.29 is 19.1 Å². The fraction of sp³-hybridized carbons (Fsp3) is 0.222. The largest absolute Gasteiger partial charge is 0.484 e. The van der Waals surface area contributed by atoms with Crippen molar-refractivity contribution in [1.82, 2.24) is 5.32 Å². The quantitative estimate of drug-likeness (QED) is 0.770. The Bertz CT molecular complexity index is 698. The Kier molecular flexibility index (Phi) is 6.33. The van der Waals surface area contributed by atoms with Crippen LogP contribution < -0.4 is 15.8 Å². The molecule has 3 N–H and O–H groups in total. The summed E-state index contributed by atoms with van der Waals surface area (Å²) < 4.78 is 10.3. The van der Waals surface area contributed by atoms with Gasteiger partial charge < -0.3 is 20.5 Å². The molecule has 0 aliphatic rings. The number of carbonyl (C=O) groups is 2. The molecule has 2 rings (SSSR count). The van der Waals surface area contributed by atoms with Crippen molar-refractivity contribution in [3.63, 3.8) is 0 Å². The Labute approximate surface area is 140 Å². The number of nitrogens with two attached hydrogens (primary N) is 1. The lowest BCUT2D eigenvalue weighted by molar-refractivity contribution is -0.119. The fourth-order valence-corrected chi connectivity index (χ4v) is 2.16. The number of hydrogen-bond acceptors (Lipinski definition) is 4. The van der Waals surface area contributed by atoms with Crippen molar-refractivity contribution in [2.75, 3.05) is 13.7 Å². The molecule has 126 valence electrons. The number of hydrogen-bond donors (Lipinski definition) is 2. The summed E-state index contributed by atoms with van der Waals surface area (Å²) in [5.74, 6) is -0.258. The van der Waals surface area contributed by atoms with Gasteiger partial charge in [-0.05, 0) is 35.4 Å². The highest BCUT2D eigenvalue weighted by Crippen LogP contribution is 2.13. The Morgan fingerprint density at radius 1 is 1.04 bits per heavy atom. The second kappa shape index (κ2) is 8.69. The Balaban J connectivity index is 1.94. The van der Waals surface area contributed by atoms with Crippen molar-refractivity contribution in [3.05, 3.63) is 65.2 Å². The number of rotatable bonds is 8. The summed E-state index contributed by atoms with van der Waals surface area (Å²) >= 11 is 0. The van der Waals surface area contributed by atoms with Crippen LogP contribution in [0.15, 0.2) is 48.5 Å². The minimum atomic E-state index is -0.549. The maximum absolute atomic E-state index is 12.2. The highest BCUT2D eigenvalue weighted by atomic mass is 16.5. The smallest absolute Gasteiger partial charge is 0.255 e. The molecule has 0 aliphatic heterocycles. The van der Waals surface area contributed by atoms with Gasteiger partial charge in [-0.3, -0.25) is 9.59 Å². The zero-order valence-corrected chi connectivity index (χ0v) is 13.5. The van der Waals surface area contributed by atoms with E-state index < -0.39 is 5.91 Å². The van der Waals surface area contributed by atoms with Gasteiger partial charge in [0.25, 0.3) is 11.8 Å². The fourth-order valence-electron chi connectivity index (χ4n) is 2.16. The van der Waals surface area contributed by atoms with Crippen molar-refractivity contribution >= 4 is 11.8 Å². The first-order valence-corrected chi connectivity index (χ1v) is 7.45. The van der Waals surface area contributed by atoms with Crippen LogP contribution in [0, 0.1) is 0 Å². The lowest BCUT2D eigenvalue weighted by Crippen LogP contribution is -2.23. The van der Waals surface area contributed by atoms with Crippen molar-refractivity contribution in [2.24, 2.45) is 5.73 Å². The first-order chi connectivity index (χ1) is 11.6. The second-order valence-corrected chi connectivity index (χ2v) is 5.16. The first kappa shape index (κ1) is 17.5. The molecule has 0 aliphatic carbocycles. The van der Waals surface area contributed by atoms with Gasteiger partial charge in [-0.25, -0.2) is 0 Å². The van der Waals surface area contributed by atoms with Gasteiger partial charge in [0.15, 0.2) is 6.61 Å². The highest BCUT2D eigenvalue weighted by molar-refractivity contribution is 5.94. The number of amides is 2. The Hall–Kier alpha value is -2.86. The zero-order valence-electron chi connectivity index (χ0n) is 13.5. The summed E-state index contributed by atoms with van der Waals surface area (Å²) in [6.07, 6.45) is 0. The van der Waals surface area contributed by atoms with Gasteiger partial charge in [0.1, 0.15) is 5.75 Å². The molecule has 0 saturated carbocycles. The molecular formula is C18H20N2O4. The van der Waals surface area contributed by atoms with Crippen molar-refractivity contribution in [3.8, 4) is 5.75 Å². The molecule has 0 bridgehead atoms. The summed E-state index contributed by atoms with van der Waals surface area (Å²) in [5.41, 5.74) is 7.56. The van der Waals surface area contributed by atoms with E-state index in [-0.39, 0.29) is 12.5 Å². The monoisotopic (exact) mass is 328 g/mol. The third-order valence-corrected chi connectivity index (χ3v) is 3.36. The highest BCUT2D eigenvalue weighted by Gasteiger charge is 2.08. The number of benzene rings is 2. The Morgan fingerprint density at radius 3 is 2.33 bits per heavy atom. The number of primary amides is 1. The van der Waals surface area contributed by atoms with Gasteiger partial charge in [-0.2, -0.15) is 0 Å². The average Bonchev–Trinajstić information content (AvgIpc) is 2.59. The zero-order chi connectivity index (χ0) is 17.4. The molecule has 24 heavy (non-hydrogen) atoms. The molecule has 0 heterocycles. The number of methoxy groups -OCH3 is 1. The van der Waals surface area contributed by atoms with Crippen LogP contribution >= 0.6 is 0 Å². The van der Waals surface area contributed by atoms with Crippen LogP contribution in [0.2, 0.25) is 0 Å². The van der Waals surface area contributed by atoms with E-state index in [0.717, 1.165) is 11.1 Å². The molecule has 6 heteroatoms. The second-order valence-electron chi connectivity index (χ2n) is 5.16. The Morgan fingerprint density at radius 2 is 1.71 bits per heavy atom. The molecule has 0 aromatic heterocycles. The minimum Gasteiger partial charge on any atom is -0.484 e. The first-order valence-electron chi connectivity index (χ1n) is 7.45. The molecule has 0 radical (unpaired) electrons. The van der Waals surface area contributed by atoms with Gasteiger partial charge in [0.05, 0.1) is 6.61 Å². The van der Waals surface area contributed by atoms with E-state index in [1.165, 1.54) is 0 Å². The van der Waals surface area contributed by atoms with E-state index in [2.05, 4.69) is 5.32 Å². The lowest BCUT2D eigenvalue weighted by atomic mass is 10.1. The predicted molar refractivity (Wildman–Crippen MR) is 89.5 cm³/mol. The summed E-state index contributed by atoms with van der Waals surface area (Å²) in [6, 6.07) is 14.3. The number of nitrogens with one attached hydrogen (secondary N) is 1. The van der Waals surface area contributed by atoms with Crippen molar-refractivity contribution in [2.45, 2.75) is 13.2 Å². The number of carbonyl (C=O) groups excluding carboxylic acids is 2. The molecule has 6 nitrogen and oxygen atoms in total. The number of ether oxygens (including phenoxy) is 2. The van der Waals surface area contributed by atoms with E-state index in [0.29, 0.717) is 24.5 Å². The topological polar surface area (TPSA) is 90.7 Å². The SMILES string of the molecule is COCc1ccccc1CNC(=O)c1ccc(OCC(N)=O)cc1. The molecule has 2 aromatic rings. The molecule has 0 spiro atoms. The normalized spacial score (nSPS) is 10.2. The molecule has 2 amide bonds. The van der Waals surface area contributed by atoms with Crippen LogP contribution in [0.3, 0.4) is 0 Å². The third kappa shape index (κ3) is 5.10. The minimum absolute atomic E-state index is 0.191. The van der Waals surface area contributed by atoms with Crippen LogP contribution in [0.5, 0.6) is 5.75 Å². The van der Waals surface area contributed by atoms with Crippen LogP contribution in [0.1, 0.15) is 21.5 Å². The third-order valence-electron chi connectivity index (χ3n) is 3.36. The van der Waals surface area contributed by atoms with Gasteiger partial charge in [-0.15, -0.1) is 0 Å². The molecule has 0 saturated heterocycles. The van der Waals surface area contributed by atoms with Crippen LogP contribution in [-0.2, 0) is 22.7 Å². The van der Waals surface area contributed by atoms with Gasteiger partial charge in [-0.1, -0.05) is 24.3 Å². The average molecular weight is 328 g/mol. The molecule has 0 fully saturated rings. The summed E-state index contributed by atoms with van der Waals surface area (Å²) in [7, 11) is 1.64. The summed E-state index contributed by atoms with van der Waals surface area (Å²) in [6.45, 7) is 0.720. The van der Waals surface area contributed by atoms with Crippen LogP contribution in [0.25, 0.3) is 0 Å². The molecule has 0 atom stereocenters. The van der Waals surface area contributed by atoms with E-state index in [1.807, 2.05) is 24.3 Å². The molecular weight excluding hydrogens is 308 g/mol. The predicted octanol–water partition coefficient (Wildman–Crippen LogP) is 1.63. The van der Waals surface area contributed by atoms with Crippen LogP contribution in [-0.4, -0.2) is 25.5 Å². The van der Waals surface area contributed by atoms with Crippen molar-refractivity contribution in [1.29, 1.82) is 0 Å². The van der Waals surface area contributed by atoms with Gasteiger partial charge in [0, 0.05) is 19.2 Å².